The van der Waals surface area contributed by atoms with Gasteiger partial charge in [-0.15, -0.1) is 0 Å². The van der Waals surface area contributed by atoms with Crippen molar-refractivity contribution in [2.24, 2.45) is 5.92 Å². The standard InChI is InChI=1S/C13H16N4O3S/c1-8(2)7-16-12(14-15-13(16)21)9-4-5-10(17(18)19)11(6-9)20-3/h4-6,8H,7H2,1-3H3,(H,15,21). The fourth-order valence-corrected chi connectivity index (χ4v) is 2.25. The number of methoxy groups -OCH3 is 1. The van der Waals surface area contributed by atoms with E-state index in [1.165, 1.54) is 13.2 Å². The van der Waals surface area contributed by atoms with Crippen molar-refractivity contribution < 1.29 is 9.66 Å². The number of benzene rings is 1. The number of ether oxygens (including phenoxy) is 1. The van der Waals surface area contributed by atoms with Crippen LogP contribution in [-0.4, -0.2) is 26.8 Å². The van der Waals surface area contributed by atoms with Crippen LogP contribution in [0.25, 0.3) is 11.4 Å². The first-order valence-corrected chi connectivity index (χ1v) is 6.83. The lowest BCUT2D eigenvalue weighted by atomic mass is 10.1. The molecule has 0 unspecified atom stereocenters. The van der Waals surface area contributed by atoms with E-state index in [1.54, 1.807) is 12.1 Å². The molecule has 1 aromatic carbocycles. The second kappa shape index (κ2) is 6.04. The Hall–Kier alpha value is -2.22. The molecule has 0 radical (unpaired) electrons. The zero-order chi connectivity index (χ0) is 15.6. The first-order chi connectivity index (χ1) is 9.93. The summed E-state index contributed by atoms with van der Waals surface area (Å²) in [6.07, 6.45) is 0. The molecule has 1 heterocycles. The number of nitro groups is 1. The van der Waals surface area contributed by atoms with Crippen LogP contribution in [0.4, 0.5) is 5.69 Å². The fourth-order valence-electron chi connectivity index (χ4n) is 2.04. The summed E-state index contributed by atoms with van der Waals surface area (Å²) in [5, 5.41) is 17.9. The fraction of sp³-hybridized carbons (Fsp3) is 0.385. The number of nitro benzene ring substituents is 1. The molecule has 8 heteroatoms. The second-order valence-corrected chi connectivity index (χ2v) is 5.39. The lowest BCUT2D eigenvalue weighted by Crippen LogP contribution is -2.06. The van der Waals surface area contributed by atoms with Crippen LogP contribution in [0.5, 0.6) is 5.75 Å². The van der Waals surface area contributed by atoms with Crippen molar-refractivity contribution in [3.8, 4) is 17.1 Å². The van der Waals surface area contributed by atoms with Gasteiger partial charge in [-0.1, -0.05) is 13.8 Å². The lowest BCUT2D eigenvalue weighted by Gasteiger charge is -2.10. The van der Waals surface area contributed by atoms with E-state index in [0.717, 1.165) is 0 Å². The Bertz CT molecular complexity index is 720. The highest BCUT2D eigenvalue weighted by atomic mass is 32.1. The number of hydrogen-bond donors (Lipinski definition) is 1. The van der Waals surface area contributed by atoms with Crippen LogP contribution in [0.3, 0.4) is 0 Å². The molecule has 7 nitrogen and oxygen atoms in total. The SMILES string of the molecule is COc1cc(-c2n[nH]c(=S)n2CC(C)C)ccc1[N+](=O)[O-]. The number of aromatic amines is 1. The molecular weight excluding hydrogens is 292 g/mol. The molecule has 21 heavy (non-hydrogen) atoms. The van der Waals surface area contributed by atoms with Gasteiger partial charge in [0.2, 0.25) is 0 Å². The molecule has 0 aliphatic carbocycles. The maximum absolute atomic E-state index is 10.9. The molecule has 0 aliphatic rings. The van der Waals surface area contributed by atoms with Gasteiger partial charge in [0, 0.05) is 18.2 Å². The van der Waals surface area contributed by atoms with Crippen LogP contribution in [0.15, 0.2) is 18.2 Å². The molecule has 0 spiro atoms. The summed E-state index contributed by atoms with van der Waals surface area (Å²) in [6.45, 7) is 4.87. The predicted octanol–water partition coefficient (Wildman–Crippen LogP) is 3.18. The van der Waals surface area contributed by atoms with Gasteiger partial charge in [-0.25, -0.2) is 0 Å². The number of hydrogen-bond acceptors (Lipinski definition) is 5. The highest BCUT2D eigenvalue weighted by molar-refractivity contribution is 7.71. The average molecular weight is 308 g/mol. The molecule has 112 valence electrons. The molecule has 1 N–H and O–H groups in total. The van der Waals surface area contributed by atoms with E-state index in [4.69, 9.17) is 17.0 Å². The van der Waals surface area contributed by atoms with Crippen molar-refractivity contribution in [2.45, 2.75) is 20.4 Å². The Kier molecular flexibility index (Phi) is 4.37. The minimum atomic E-state index is -0.478. The minimum absolute atomic E-state index is 0.0780. The lowest BCUT2D eigenvalue weighted by molar-refractivity contribution is -0.385. The summed E-state index contributed by atoms with van der Waals surface area (Å²) in [4.78, 5) is 10.4. The largest absolute Gasteiger partial charge is 0.490 e. The molecule has 0 fully saturated rings. The van der Waals surface area contributed by atoms with Gasteiger partial charge in [0.05, 0.1) is 12.0 Å². The molecule has 2 aromatic rings. The number of nitrogens with one attached hydrogen (secondary N) is 1. The Labute approximate surface area is 126 Å². The van der Waals surface area contributed by atoms with Gasteiger partial charge < -0.3 is 4.74 Å². The smallest absolute Gasteiger partial charge is 0.310 e. The Morgan fingerprint density at radius 2 is 2.24 bits per heavy atom. The Balaban J connectivity index is 2.53. The third kappa shape index (κ3) is 3.10. The summed E-state index contributed by atoms with van der Waals surface area (Å²) in [5.41, 5.74) is 0.635. The Morgan fingerprint density at radius 1 is 1.52 bits per heavy atom. The number of nitrogens with zero attached hydrogens (tertiary/aromatic N) is 3. The topological polar surface area (TPSA) is 86.0 Å². The van der Waals surface area contributed by atoms with Crippen molar-refractivity contribution >= 4 is 17.9 Å². The maximum Gasteiger partial charge on any atom is 0.310 e. The van der Waals surface area contributed by atoms with E-state index in [0.29, 0.717) is 28.6 Å². The van der Waals surface area contributed by atoms with Crippen LogP contribution < -0.4 is 4.74 Å². The number of H-pyrrole nitrogens is 1. The highest BCUT2D eigenvalue weighted by Crippen LogP contribution is 2.31. The summed E-state index contributed by atoms with van der Waals surface area (Å²) in [7, 11) is 1.40. The van der Waals surface area contributed by atoms with Gasteiger partial charge in [0.25, 0.3) is 0 Å². The van der Waals surface area contributed by atoms with E-state index in [1.807, 2.05) is 4.57 Å². The van der Waals surface area contributed by atoms with Gasteiger partial charge >= 0.3 is 5.69 Å². The molecule has 0 saturated carbocycles. The van der Waals surface area contributed by atoms with Gasteiger partial charge in [-0.3, -0.25) is 19.8 Å². The van der Waals surface area contributed by atoms with E-state index in [2.05, 4.69) is 24.0 Å². The zero-order valence-corrected chi connectivity index (χ0v) is 12.8. The van der Waals surface area contributed by atoms with E-state index >= 15 is 0 Å². The molecule has 0 bridgehead atoms. The molecule has 2 rings (SSSR count). The minimum Gasteiger partial charge on any atom is -0.490 e. The summed E-state index contributed by atoms with van der Waals surface area (Å²) >= 11 is 5.23. The van der Waals surface area contributed by atoms with Crippen LogP contribution >= 0.6 is 12.2 Å². The van der Waals surface area contributed by atoms with E-state index in [9.17, 15) is 10.1 Å². The van der Waals surface area contributed by atoms with Crippen LogP contribution in [0.2, 0.25) is 0 Å². The summed E-state index contributed by atoms with van der Waals surface area (Å²) < 4.78 is 7.48. The highest BCUT2D eigenvalue weighted by Gasteiger charge is 2.18. The molecule has 1 aromatic heterocycles. The van der Waals surface area contributed by atoms with Gasteiger partial charge in [0.1, 0.15) is 0 Å². The zero-order valence-electron chi connectivity index (χ0n) is 12.0. The summed E-state index contributed by atoms with van der Waals surface area (Å²) in [6, 6.07) is 4.65. The van der Waals surface area contributed by atoms with Crippen LogP contribution in [0.1, 0.15) is 13.8 Å². The van der Waals surface area contributed by atoms with E-state index < -0.39 is 4.92 Å². The molecule has 0 atom stereocenters. The third-order valence-corrected chi connectivity index (χ3v) is 3.25. The normalized spacial score (nSPS) is 10.9. The van der Waals surface area contributed by atoms with Gasteiger partial charge in [-0.2, -0.15) is 5.10 Å². The van der Waals surface area contributed by atoms with Crippen molar-refractivity contribution in [3.05, 3.63) is 33.1 Å². The first-order valence-electron chi connectivity index (χ1n) is 6.42. The molecular formula is C13H16N4O3S. The van der Waals surface area contributed by atoms with Crippen molar-refractivity contribution in [2.75, 3.05) is 7.11 Å². The van der Waals surface area contributed by atoms with Gasteiger partial charge in [-0.05, 0) is 30.3 Å². The Morgan fingerprint density at radius 3 is 2.81 bits per heavy atom. The van der Waals surface area contributed by atoms with Crippen molar-refractivity contribution in [3.63, 3.8) is 0 Å². The predicted molar refractivity (Wildman–Crippen MR) is 80.9 cm³/mol. The number of aromatic nitrogens is 3. The quantitative estimate of drug-likeness (QED) is 0.521. The van der Waals surface area contributed by atoms with Crippen LogP contribution in [0, 0.1) is 20.8 Å². The second-order valence-electron chi connectivity index (χ2n) is 5.00. The maximum atomic E-state index is 10.9. The molecule has 0 amide bonds. The molecule has 0 aliphatic heterocycles. The number of rotatable bonds is 5. The third-order valence-electron chi connectivity index (χ3n) is 2.94. The van der Waals surface area contributed by atoms with Crippen molar-refractivity contribution in [1.82, 2.24) is 14.8 Å². The van der Waals surface area contributed by atoms with Crippen molar-refractivity contribution in [1.29, 1.82) is 0 Å². The molecule has 0 saturated heterocycles. The monoisotopic (exact) mass is 308 g/mol. The summed E-state index contributed by atoms with van der Waals surface area (Å²) in [5.74, 6) is 1.23. The van der Waals surface area contributed by atoms with Crippen LogP contribution in [-0.2, 0) is 6.54 Å². The van der Waals surface area contributed by atoms with E-state index in [-0.39, 0.29) is 11.4 Å². The average Bonchev–Trinajstić information content (AvgIpc) is 2.78. The van der Waals surface area contributed by atoms with Gasteiger partial charge in [0.15, 0.2) is 16.3 Å². The first kappa shape index (κ1) is 15.2.